The maximum absolute atomic E-state index is 5.88. The van der Waals surface area contributed by atoms with Gasteiger partial charge in [0.1, 0.15) is 0 Å². The van der Waals surface area contributed by atoms with E-state index in [9.17, 15) is 0 Å². The second-order valence-corrected chi connectivity index (χ2v) is 4.90. The fourth-order valence-electron chi connectivity index (χ4n) is 1.81. The maximum Gasteiger partial charge on any atom is 0.0377 e. The molecule has 0 aromatic carbocycles. The normalized spacial score (nSPS) is 17.3. The minimum absolute atomic E-state index is 0.709. The Kier molecular flexibility index (Phi) is 3.78. The molecule has 1 saturated carbocycles. The van der Waals surface area contributed by atoms with Crippen LogP contribution in [0, 0.1) is 5.92 Å². The van der Waals surface area contributed by atoms with Gasteiger partial charge in [-0.1, -0.05) is 6.92 Å². The summed E-state index contributed by atoms with van der Waals surface area (Å²) in [6.45, 7) is 3.42. The first kappa shape index (κ1) is 11.4. The first-order valence-electron chi connectivity index (χ1n) is 6.17. The number of anilines is 1. The van der Waals surface area contributed by atoms with E-state index >= 15 is 0 Å². The number of rotatable bonds is 6. The summed E-state index contributed by atoms with van der Waals surface area (Å²) in [6, 6.07) is 2.69. The summed E-state index contributed by atoms with van der Waals surface area (Å²) < 4.78 is 0. The fourth-order valence-corrected chi connectivity index (χ4v) is 1.81. The van der Waals surface area contributed by atoms with Crippen molar-refractivity contribution in [2.45, 2.75) is 38.6 Å². The van der Waals surface area contributed by atoms with Gasteiger partial charge in [0.15, 0.2) is 0 Å². The third-order valence-electron chi connectivity index (χ3n) is 3.18. The van der Waals surface area contributed by atoms with Gasteiger partial charge in [-0.3, -0.25) is 4.98 Å². The van der Waals surface area contributed by atoms with E-state index < -0.39 is 0 Å². The quantitative estimate of drug-likeness (QED) is 0.769. The Morgan fingerprint density at radius 2 is 2.38 bits per heavy atom. The standard InChI is InChI=1S/C13H21N3/c1-10(8-16-12-4-5-12)2-3-11-9-15-7-6-13(11)14/h6-7,9-10,12,16H,2-5,8H2,1H3,(H2,14,15). The first-order valence-corrected chi connectivity index (χ1v) is 6.17. The number of hydrogen-bond acceptors (Lipinski definition) is 3. The zero-order chi connectivity index (χ0) is 11.4. The molecule has 2 rings (SSSR count). The molecule has 88 valence electrons. The smallest absolute Gasteiger partial charge is 0.0377 e. The van der Waals surface area contributed by atoms with Crippen molar-refractivity contribution in [1.82, 2.24) is 10.3 Å². The molecule has 3 heteroatoms. The predicted octanol–water partition coefficient (Wildman–Crippen LogP) is 1.98. The van der Waals surface area contributed by atoms with Gasteiger partial charge in [0, 0.05) is 24.1 Å². The molecule has 1 aromatic rings. The Bertz CT molecular complexity index is 334. The van der Waals surface area contributed by atoms with Gasteiger partial charge < -0.3 is 11.1 Å². The van der Waals surface area contributed by atoms with Crippen LogP contribution in [0.2, 0.25) is 0 Å². The van der Waals surface area contributed by atoms with Gasteiger partial charge in [-0.25, -0.2) is 0 Å². The second-order valence-electron chi connectivity index (χ2n) is 4.90. The largest absolute Gasteiger partial charge is 0.398 e. The van der Waals surface area contributed by atoms with Gasteiger partial charge in [0.2, 0.25) is 0 Å². The van der Waals surface area contributed by atoms with Gasteiger partial charge in [-0.2, -0.15) is 0 Å². The van der Waals surface area contributed by atoms with Gasteiger partial charge in [-0.15, -0.1) is 0 Å². The fraction of sp³-hybridized carbons (Fsp3) is 0.615. The van der Waals surface area contributed by atoms with Crippen molar-refractivity contribution < 1.29 is 0 Å². The number of nitrogen functional groups attached to an aromatic ring is 1. The molecule has 0 amide bonds. The van der Waals surface area contributed by atoms with Crippen molar-refractivity contribution >= 4 is 5.69 Å². The SMILES string of the molecule is CC(CCc1cnccc1N)CNC1CC1. The molecule has 16 heavy (non-hydrogen) atoms. The molecule has 0 saturated heterocycles. The Morgan fingerprint density at radius 1 is 1.56 bits per heavy atom. The van der Waals surface area contributed by atoms with Crippen LogP contribution in [0.25, 0.3) is 0 Å². The van der Waals surface area contributed by atoms with E-state index in [0.717, 1.165) is 24.7 Å². The van der Waals surface area contributed by atoms with Gasteiger partial charge >= 0.3 is 0 Å². The summed E-state index contributed by atoms with van der Waals surface area (Å²) in [6.07, 6.45) is 8.57. The van der Waals surface area contributed by atoms with Crippen LogP contribution in [-0.4, -0.2) is 17.6 Å². The average molecular weight is 219 g/mol. The Labute approximate surface area is 97.5 Å². The number of nitrogens with two attached hydrogens (primary N) is 1. The molecule has 3 N–H and O–H groups in total. The van der Waals surface area contributed by atoms with Crippen molar-refractivity contribution in [3.63, 3.8) is 0 Å². The number of aromatic nitrogens is 1. The van der Waals surface area contributed by atoms with Crippen LogP contribution >= 0.6 is 0 Å². The van der Waals surface area contributed by atoms with Crippen LogP contribution < -0.4 is 11.1 Å². The molecular formula is C13H21N3. The summed E-state index contributed by atoms with van der Waals surface area (Å²) in [5.41, 5.74) is 7.94. The van der Waals surface area contributed by atoms with Crippen molar-refractivity contribution in [3.8, 4) is 0 Å². The molecule has 1 aromatic heterocycles. The van der Waals surface area contributed by atoms with Crippen molar-refractivity contribution in [2.24, 2.45) is 5.92 Å². The molecule has 1 fully saturated rings. The van der Waals surface area contributed by atoms with Crippen molar-refractivity contribution in [1.29, 1.82) is 0 Å². The molecular weight excluding hydrogens is 198 g/mol. The summed E-state index contributed by atoms with van der Waals surface area (Å²) in [7, 11) is 0. The minimum atomic E-state index is 0.709. The zero-order valence-corrected chi connectivity index (χ0v) is 9.95. The number of hydrogen-bond donors (Lipinski definition) is 2. The molecule has 0 radical (unpaired) electrons. The van der Waals surface area contributed by atoms with E-state index in [1.807, 2.05) is 12.3 Å². The second kappa shape index (κ2) is 5.30. The number of aryl methyl sites for hydroxylation is 1. The van der Waals surface area contributed by atoms with E-state index in [0.29, 0.717) is 5.92 Å². The highest BCUT2D eigenvalue weighted by atomic mass is 14.9. The minimum Gasteiger partial charge on any atom is -0.398 e. The molecule has 1 aliphatic carbocycles. The Hall–Kier alpha value is -1.09. The highest BCUT2D eigenvalue weighted by molar-refractivity contribution is 5.44. The predicted molar refractivity (Wildman–Crippen MR) is 67.2 cm³/mol. The van der Waals surface area contributed by atoms with Gasteiger partial charge in [0.25, 0.3) is 0 Å². The lowest BCUT2D eigenvalue weighted by molar-refractivity contribution is 0.480. The van der Waals surface area contributed by atoms with Crippen LogP contribution in [0.5, 0.6) is 0 Å². The molecule has 1 heterocycles. The van der Waals surface area contributed by atoms with Crippen LogP contribution in [0.15, 0.2) is 18.5 Å². The van der Waals surface area contributed by atoms with E-state index in [4.69, 9.17) is 5.73 Å². The van der Waals surface area contributed by atoms with Crippen molar-refractivity contribution in [3.05, 3.63) is 24.0 Å². The van der Waals surface area contributed by atoms with E-state index in [1.165, 1.54) is 24.8 Å². The molecule has 0 bridgehead atoms. The molecule has 0 spiro atoms. The van der Waals surface area contributed by atoms with E-state index in [1.54, 1.807) is 6.20 Å². The van der Waals surface area contributed by atoms with E-state index in [-0.39, 0.29) is 0 Å². The van der Waals surface area contributed by atoms with Gasteiger partial charge in [0.05, 0.1) is 0 Å². The van der Waals surface area contributed by atoms with Crippen LogP contribution in [0.4, 0.5) is 5.69 Å². The summed E-state index contributed by atoms with van der Waals surface area (Å²) in [5, 5.41) is 3.56. The summed E-state index contributed by atoms with van der Waals surface area (Å²) >= 11 is 0. The summed E-state index contributed by atoms with van der Waals surface area (Å²) in [4.78, 5) is 4.11. The maximum atomic E-state index is 5.88. The lowest BCUT2D eigenvalue weighted by Gasteiger charge is -2.12. The number of nitrogens with zero attached hydrogens (tertiary/aromatic N) is 1. The third-order valence-corrected chi connectivity index (χ3v) is 3.18. The van der Waals surface area contributed by atoms with Gasteiger partial charge in [-0.05, 0) is 49.8 Å². The van der Waals surface area contributed by atoms with Crippen molar-refractivity contribution in [2.75, 3.05) is 12.3 Å². The van der Waals surface area contributed by atoms with Crippen LogP contribution in [-0.2, 0) is 6.42 Å². The Morgan fingerprint density at radius 3 is 3.06 bits per heavy atom. The summed E-state index contributed by atoms with van der Waals surface area (Å²) in [5.74, 6) is 0.709. The lowest BCUT2D eigenvalue weighted by Crippen LogP contribution is -2.23. The first-order chi connectivity index (χ1) is 7.75. The monoisotopic (exact) mass is 219 g/mol. The molecule has 3 nitrogen and oxygen atoms in total. The number of nitrogens with one attached hydrogen (secondary N) is 1. The van der Waals surface area contributed by atoms with Crippen LogP contribution in [0.1, 0.15) is 31.7 Å². The molecule has 1 aliphatic rings. The topological polar surface area (TPSA) is 50.9 Å². The van der Waals surface area contributed by atoms with E-state index in [2.05, 4.69) is 17.2 Å². The Balaban J connectivity index is 1.71. The molecule has 1 unspecified atom stereocenters. The highest BCUT2D eigenvalue weighted by Crippen LogP contribution is 2.20. The highest BCUT2D eigenvalue weighted by Gasteiger charge is 2.20. The zero-order valence-electron chi connectivity index (χ0n) is 9.95. The van der Waals surface area contributed by atoms with Crippen LogP contribution in [0.3, 0.4) is 0 Å². The molecule has 0 aliphatic heterocycles. The lowest BCUT2D eigenvalue weighted by atomic mass is 10.0. The average Bonchev–Trinajstić information content (AvgIpc) is 3.09. The third kappa shape index (κ3) is 3.49. The molecule has 1 atom stereocenters. The number of pyridine rings is 1.